The molecular weight excluding hydrogens is 232 g/mol. The van der Waals surface area contributed by atoms with E-state index in [1.54, 1.807) is 0 Å². The van der Waals surface area contributed by atoms with Crippen molar-refractivity contribution in [3.63, 3.8) is 0 Å². The van der Waals surface area contributed by atoms with Gasteiger partial charge in [-0.1, -0.05) is 6.92 Å². The molecule has 2 aliphatic rings. The van der Waals surface area contributed by atoms with Crippen molar-refractivity contribution in [2.45, 2.75) is 46.0 Å². The summed E-state index contributed by atoms with van der Waals surface area (Å²) >= 11 is 0. The number of rotatable bonds is 2. The first-order valence-corrected chi connectivity index (χ1v) is 6.46. The zero-order valence-corrected chi connectivity index (χ0v) is 10.8. The van der Waals surface area contributed by atoms with Crippen LogP contribution < -0.4 is 0 Å². The Morgan fingerprint density at radius 2 is 2.06 bits per heavy atom. The van der Waals surface area contributed by atoms with E-state index >= 15 is 0 Å². The molecule has 0 bridgehead atoms. The molecule has 2 atom stereocenters. The molecule has 2 aliphatic carbocycles. The van der Waals surface area contributed by atoms with Gasteiger partial charge < -0.3 is 5.11 Å². The predicted octanol–water partition coefficient (Wildman–Crippen LogP) is 2.13. The van der Waals surface area contributed by atoms with Gasteiger partial charge in [0, 0.05) is 17.8 Å². The molecule has 0 aromatic rings. The second-order valence-electron chi connectivity index (χ2n) is 5.42. The van der Waals surface area contributed by atoms with Crippen LogP contribution in [0.1, 0.15) is 46.0 Å². The summed E-state index contributed by atoms with van der Waals surface area (Å²) in [5.74, 6) is -1.36. The Morgan fingerprint density at radius 3 is 2.61 bits per heavy atom. The SMILES string of the molecule is CCC1CCC2=C(C(=O)O)C(=O)CCC2(C)C1=O. The summed E-state index contributed by atoms with van der Waals surface area (Å²) in [6.45, 7) is 3.79. The highest BCUT2D eigenvalue weighted by atomic mass is 16.4. The minimum Gasteiger partial charge on any atom is -0.478 e. The summed E-state index contributed by atoms with van der Waals surface area (Å²) in [6.07, 6.45) is 2.66. The predicted molar refractivity (Wildman–Crippen MR) is 65.0 cm³/mol. The van der Waals surface area contributed by atoms with Crippen LogP contribution in [0.2, 0.25) is 0 Å². The lowest BCUT2D eigenvalue weighted by atomic mass is 9.60. The molecule has 0 aromatic heterocycles. The van der Waals surface area contributed by atoms with Crippen LogP contribution in [0.25, 0.3) is 0 Å². The van der Waals surface area contributed by atoms with Crippen LogP contribution in [-0.2, 0) is 14.4 Å². The fourth-order valence-corrected chi connectivity index (χ4v) is 3.29. The molecule has 0 spiro atoms. The Morgan fingerprint density at radius 1 is 1.39 bits per heavy atom. The lowest BCUT2D eigenvalue weighted by Gasteiger charge is -2.42. The maximum absolute atomic E-state index is 12.4. The third-order valence-electron chi connectivity index (χ3n) is 4.46. The molecule has 0 amide bonds. The molecule has 18 heavy (non-hydrogen) atoms. The number of fused-ring (bicyclic) bond motifs is 1. The third kappa shape index (κ3) is 1.71. The van der Waals surface area contributed by atoms with Crippen LogP contribution in [0.3, 0.4) is 0 Å². The van der Waals surface area contributed by atoms with Gasteiger partial charge in [0.25, 0.3) is 0 Å². The Labute approximate surface area is 106 Å². The number of Topliss-reactive ketones (excluding diaryl/α,β-unsaturated/α-hetero) is 2. The molecule has 0 radical (unpaired) electrons. The molecule has 0 aliphatic heterocycles. The molecule has 1 saturated carbocycles. The van der Waals surface area contributed by atoms with Gasteiger partial charge in [-0.25, -0.2) is 4.79 Å². The summed E-state index contributed by atoms with van der Waals surface area (Å²) in [5.41, 5.74) is -0.270. The molecule has 2 rings (SSSR count). The van der Waals surface area contributed by atoms with E-state index in [4.69, 9.17) is 0 Å². The van der Waals surface area contributed by atoms with E-state index in [2.05, 4.69) is 0 Å². The lowest BCUT2D eigenvalue weighted by Crippen LogP contribution is -2.44. The second kappa shape index (κ2) is 4.34. The first-order valence-electron chi connectivity index (χ1n) is 6.46. The van der Waals surface area contributed by atoms with Crippen molar-refractivity contribution in [2.75, 3.05) is 0 Å². The van der Waals surface area contributed by atoms with Crippen molar-refractivity contribution >= 4 is 17.5 Å². The molecule has 1 fully saturated rings. The number of allylic oxidation sites excluding steroid dienone is 1. The Balaban J connectivity index is 2.54. The second-order valence-corrected chi connectivity index (χ2v) is 5.42. The maximum atomic E-state index is 12.4. The number of aliphatic carboxylic acids is 1. The standard InChI is InChI=1S/C14H18O4/c1-3-8-4-5-9-11(13(17)18)10(15)6-7-14(9,2)12(8)16/h8H,3-7H2,1-2H3,(H,17,18). The topological polar surface area (TPSA) is 71.4 Å². The molecular formula is C14H18O4. The summed E-state index contributed by atoms with van der Waals surface area (Å²) in [7, 11) is 0. The first kappa shape index (κ1) is 13.0. The average molecular weight is 250 g/mol. The van der Waals surface area contributed by atoms with Gasteiger partial charge in [-0.15, -0.1) is 0 Å². The van der Waals surface area contributed by atoms with Gasteiger partial charge in [0.15, 0.2) is 5.78 Å². The minimum atomic E-state index is -1.18. The largest absolute Gasteiger partial charge is 0.478 e. The Kier molecular flexibility index (Phi) is 3.13. The number of carbonyl (C=O) groups is 3. The quantitative estimate of drug-likeness (QED) is 0.762. The van der Waals surface area contributed by atoms with Gasteiger partial charge >= 0.3 is 5.97 Å². The summed E-state index contributed by atoms with van der Waals surface area (Å²) in [6, 6.07) is 0. The van der Waals surface area contributed by atoms with E-state index in [0.717, 1.165) is 6.42 Å². The zero-order valence-electron chi connectivity index (χ0n) is 10.8. The van der Waals surface area contributed by atoms with Gasteiger partial charge in [0.2, 0.25) is 0 Å². The van der Waals surface area contributed by atoms with E-state index in [9.17, 15) is 19.5 Å². The Bertz CT molecular complexity index is 460. The summed E-state index contributed by atoms with van der Waals surface area (Å²) in [5, 5.41) is 9.18. The van der Waals surface area contributed by atoms with Gasteiger partial charge in [0.05, 0.1) is 0 Å². The van der Waals surface area contributed by atoms with Gasteiger partial charge in [0.1, 0.15) is 11.4 Å². The van der Waals surface area contributed by atoms with E-state index in [1.165, 1.54) is 0 Å². The number of ketones is 2. The van der Waals surface area contributed by atoms with Crippen LogP contribution >= 0.6 is 0 Å². The van der Waals surface area contributed by atoms with Crippen LogP contribution in [0, 0.1) is 11.3 Å². The fraction of sp³-hybridized carbons (Fsp3) is 0.643. The molecule has 98 valence electrons. The molecule has 0 aromatic carbocycles. The lowest BCUT2D eigenvalue weighted by molar-refractivity contribution is -0.137. The van der Waals surface area contributed by atoms with Crippen molar-refractivity contribution < 1.29 is 19.5 Å². The van der Waals surface area contributed by atoms with Crippen LogP contribution in [0.4, 0.5) is 0 Å². The van der Waals surface area contributed by atoms with Crippen LogP contribution in [0.5, 0.6) is 0 Å². The van der Waals surface area contributed by atoms with Gasteiger partial charge in [-0.05, 0) is 38.2 Å². The maximum Gasteiger partial charge on any atom is 0.339 e. The van der Waals surface area contributed by atoms with Crippen LogP contribution in [-0.4, -0.2) is 22.6 Å². The van der Waals surface area contributed by atoms with Gasteiger partial charge in [-0.2, -0.15) is 0 Å². The smallest absolute Gasteiger partial charge is 0.339 e. The van der Waals surface area contributed by atoms with Crippen LogP contribution in [0.15, 0.2) is 11.1 Å². The zero-order chi connectivity index (χ0) is 13.5. The number of hydrogen-bond donors (Lipinski definition) is 1. The number of carbonyl (C=O) groups excluding carboxylic acids is 2. The van der Waals surface area contributed by atoms with Crippen molar-refractivity contribution in [3.8, 4) is 0 Å². The normalized spacial score (nSPS) is 32.4. The molecule has 4 nitrogen and oxygen atoms in total. The molecule has 2 unspecified atom stereocenters. The summed E-state index contributed by atoms with van der Waals surface area (Å²) < 4.78 is 0. The van der Waals surface area contributed by atoms with Crippen molar-refractivity contribution in [1.82, 2.24) is 0 Å². The highest BCUT2D eigenvalue weighted by Crippen LogP contribution is 2.48. The monoisotopic (exact) mass is 250 g/mol. The van der Waals surface area contributed by atoms with Crippen molar-refractivity contribution in [3.05, 3.63) is 11.1 Å². The van der Waals surface area contributed by atoms with E-state index < -0.39 is 11.4 Å². The minimum absolute atomic E-state index is 0.0157. The number of carboxylic acids is 1. The average Bonchev–Trinajstić information content (AvgIpc) is 2.32. The summed E-state index contributed by atoms with van der Waals surface area (Å²) in [4.78, 5) is 35.4. The molecule has 0 heterocycles. The van der Waals surface area contributed by atoms with E-state index in [1.807, 2.05) is 13.8 Å². The van der Waals surface area contributed by atoms with Gasteiger partial charge in [-0.3, -0.25) is 9.59 Å². The number of carboxylic acid groups (broad SMARTS) is 1. The molecule has 4 heteroatoms. The fourth-order valence-electron chi connectivity index (χ4n) is 3.29. The Hall–Kier alpha value is -1.45. The molecule has 0 saturated heterocycles. The van der Waals surface area contributed by atoms with E-state index in [0.29, 0.717) is 24.8 Å². The highest BCUT2D eigenvalue weighted by molar-refractivity contribution is 6.19. The van der Waals surface area contributed by atoms with Crippen molar-refractivity contribution in [1.29, 1.82) is 0 Å². The first-order chi connectivity index (χ1) is 8.41. The number of hydrogen-bond acceptors (Lipinski definition) is 3. The highest BCUT2D eigenvalue weighted by Gasteiger charge is 2.49. The van der Waals surface area contributed by atoms with E-state index in [-0.39, 0.29) is 29.5 Å². The van der Waals surface area contributed by atoms with Crippen molar-refractivity contribution in [2.24, 2.45) is 11.3 Å². The molecule has 1 N–H and O–H groups in total. The third-order valence-corrected chi connectivity index (χ3v) is 4.46.